The molecule has 0 unspecified atom stereocenters. The van der Waals surface area contributed by atoms with Gasteiger partial charge in [-0.15, -0.1) is 0 Å². The summed E-state index contributed by atoms with van der Waals surface area (Å²) in [7, 11) is 2.07. The molecule has 2 rings (SSSR count). The van der Waals surface area contributed by atoms with Crippen LogP contribution in [-0.4, -0.2) is 42.5 Å². The first-order chi connectivity index (χ1) is 9.54. The molecular formula is C16H31N3O. The molecule has 0 saturated heterocycles. The molecule has 0 aliphatic heterocycles. The van der Waals surface area contributed by atoms with Gasteiger partial charge in [0.2, 0.25) is 5.91 Å². The average molecular weight is 281 g/mol. The lowest BCUT2D eigenvalue weighted by Crippen LogP contribution is -2.46. The van der Waals surface area contributed by atoms with Crippen LogP contribution in [0.4, 0.5) is 0 Å². The number of nitrogens with one attached hydrogen (secondary N) is 1. The van der Waals surface area contributed by atoms with E-state index < -0.39 is 0 Å². The van der Waals surface area contributed by atoms with Gasteiger partial charge in [-0.2, -0.15) is 0 Å². The fraction of sp³-hybridized carbons (Fsp3) is 0.938. The van der Waals surface area contributed by atoms with E-state index >= 15 is 0 Å². The van der Waals surface area contributed by atoms with Gasteiger partial charge in [0.15, 0.2) is 0 Å². The van der Waals surface area contributed by atoms with E-state index in [0.717, 1.165) is 44.4 Å². The summed E-state index contributed by atoms with van der Waals surface area (Å²) in [6.45, 7) is 2.84. The summed E-state index contributed by atoms with van der Waals surface area (Å²) in [4.78, 5) is 14.3. The van der Waals surface area contributed by atoms with E-state index in [2.05, 4.69) is 24.2 Å². The van der Waals surface area contributed by atoms with Crippen LogP contribution in [0.5, 0.6) is 0 Å². The van der Waals surface area contributed by atoms with Crippen LogP contribution in [0.1, 0.15) is 58.3 Å². The van der Waals surface area contributed by atoms with Gasteiger partial charge in [-0.05, 0) is 64.3 Å². The van der Waals surface area contributed by atoms with Crippen molar-refractivity contribution in [1.82, 2.24) is 10.2 Å². The van der Waals surface area contributed by atoms with Crippen molar-refractivity contribution < 1.29 is 4.79 Å². The summed E-state index contributed by atoms with van der Waals surface area (Å²) >= 11 is 0. The van der Waals surface area contributed by atoms with E-state index in [-0.39, 0.29) is 5.91 Å². The lowest BCUT2D eigenvalue weighted by atomic mass is 9.87. The Morgan fingerprint density at radius 1 is 1.10 bits per heavy atom. The van der Waals surface area contributed by atoms with Gasteiger partial charge >= 0.3 is 0 Å². The monoisotopic (exact) mass is 281 g/mol. The predicted molar refractivity (Wildman–Crippen MR) is 82.4 cm³/mol. The van der Waals surface area contributed by atoms with E-state index in [1.165, 1.54) is 12.8 Å². The minimum Gasteiger partial charge on any atom is -0.352 e. The van der Waals surface area contributed by atoms with Gasteiger partial charge in [-0.25, -0.2) is 0 Å². The minimum atomic E-state index is 0.196. The average Bonchev–Trinajstić information content (AvgIpc) is 2.42. The van der Waals surface area contributed by atoms with Crippen molar-refractivity contribution in [2.75, 3.05) is 13.6 Å². The summed E-state index contributed by atoms with van der Waals surface area (Å²) in [5.74, 6) is 1.03. The third-order valence-electron chi connectivity index (χ3n) is 5.14. The molecule has 2 aliphatic rings. The molecule has 0 bridgehead atoms. The number of hydrogen-bond acceptors (Lipinski definition) is 3. The lowest BCUT2D eigenvalue weighted by molar-refractivity contribution is -0.123. The van der Waals surface area contributed by atoms with Gasteiger partial charge in [-0.3, -0.25) is 9.69 Å². The third-order valence-corrected chi connectivity index (χ3v) is 5.14. The van der Waals surface area contributed by atoms with Gasteiger partial charge in [0, 0.05) is 18.1 Å². The van der Waals surface area contributed by atoms with Crippen LogP contribution in [-0.2, 0) is 4.79 Å². The maximum atomic E-state index is 12.1. The highest BCUT2D eigenvalue weighted by Crippen LogP contribution is 2.24. The Balaban J connectivity index is 1.68. The number of hydrogen-bond donors (Lipinski definition) is 2. The highest BCUT2D eigenvalue weighted by molar-refractivity contribution is 5.78. The number of likely N-dealkylation sites (N-methyl/N-ethyl adjacent to an activating group) is 1. The molecule has 0 heterocycles. The zero-order valence-electron chi connectivity index (χ0n) is 13.1. The zero-order chi connectivity index (χ0) is 14.5. The fourth-order valence-electron chi connectivity index (χ4n) is 3.58. The van der Waals surface area contributed by atoms with Crippen LogP contribution in [0.3, 0.4) is 0 Å². The van der Waals surface area contributed by atoms with Crippen LogP contribution in [0, 0.1) is 5.92 Å². The molecule has 0 atom stereocenters. The second-order valence-electron chi connectivity index (χ2n) is 7.01. The Kier molecular flexibility index (Phi) is 5.85. The molecule has 116 valence electrons. The molecule has 2 saturated carbocycles. The van der Waals surface area contributed by atoms with Crippen molar-refractivity contribution in [2.24, 2.45) is 11.7 Å². The lowest BCUT2D eigenvalue weighted by Gasteiger charge is -2.34. The van der Waals surface area contributed by atoms with Gasteiger partial charge in [0.1, 0.15) is 0 Å². The zero-order valence-corrected chi connectivity index (χ0v) is 13.1. The molecule has 2 fully saturated rings. The van der Waals surface area contributed by atoms with Crippen LogP contribution >= 0.6 is 0 Å². The smallest absolute Gasteiger partial charge is 0.234 e. The van der Waals surface area contributed by atoms with Crippen molar-refractivity contribution in [3.63, 3.8) is 0 Å². The third kappa shape index (κ3) is 4.74. The van der Waals surface area contributed by atoms with Gasteiger partial charge in [0.25, 0.3) is 0 Å². The number of nitrogens with zero attached hydrogens (tertiary/aromatic N) is 1. The molecule has 1 amide bonds. The standard InChI is InChI=1S/C16H31N3O/c1-12-3-7-14(8-4-12)18-16(20)11-19(2)15-9-5-13(17)6-10-15/h12-15H,3-11,17H2,1-2H3,(H,18,20). The number of carbonyl (C=O) groups excluding carboxylic acids is 1. The van der Waals surface area contributed by atoms with Crippen molar-refractivity contribution in [3.05, 3.63) is 0 Å². The molecule has 4 heteroatoms. The number of carbonyl (C=O) groups is 1. The molecule has 4 nitrogen and oxygen atoms in total. The maximum absolute atomic E-state index is 12.1. The molecule has 0 aromatic heterocycles. The first kappa shape index (κ1) is 15.8. The van der Waals surface area contributed by atoms with Gasteiger partial charge in [0.05, 0.1) is 6.54 Å². The van der Waals surface area contributed by atoms with E-state index in [1.807, 2.05) is 0 Å². The molecule has 0 aromatic carbocycles. The maximum Gasteiger partial charge on any atom is 0.234 e. The molecule has 20 heavy (non-hydrogen) atoms. The Morgan fingerprint density at radius 2 is 1.70 bits per heavy atom. The van der Waals surface area contributed by atoms with E-state index in [4.69, 9.17) is 5.73 Å². The summed E-state index contributed by atoms with van der Waals surface area (Å²) in [5, 5.41) is 3.21. The summed E-state index contributed by atoms with van der Waals surface area (Å²) < 4.78 is 0. The summed E-state index contributed by atoms with van der Waals surface area (Å²) in [5.41, 5.74) is 5.94. The van der Waals surface area contributed by atoms with Gasteiger partial charge < -0.3 is 11.1 Å². The van der Waals surface area contributed by atoms with Gasteiger partial charge in [-0.1, -0.05) is 6.92 Å². The predicted octanol–water partition coefficient (Wildman–Crippen LogP) is 1.88. The molecule has 0 spiro atoms. The molecule has 2 aliphatic carbocycles. The molecule has 3 N–H and O–H groups in total. The molecular weight excluding hydrogens is 250 g/mol. The molecule has 0 radical (unpaired) electrons. The minimum absolute atomic E-state index is 0.196. The Morgan fingerprint density at radius 3 is 2.30 bits per heavy atom. The second-order valence-corrected chi connectivity index (χ2v) is 7.01. The van der Waals surface area contributed by atoms with Crippen molar-refractivity contribution >= 4 is 5.91 Å². The first-order valence-corrected chi connectivity index (χ1v) is 8.29. The van der Waals surface area contributed by atoms with Crippen molar-refractivity contribution in [3.8, 4) is 0 Å². The second kappa shape index (κ2) is 7.41. The SMILES string of the molecule is CC1CCC(NC(=O)CN(C)C2CCC(N)CC2)CC1. The molecule has 0 aromatic rings. The van der Waals surface area contributed by atoms with E-state index in [1.54, 1.807) is 0 Å². The van der Waals surface area contributed by atoms with Crippen LogP contribution in [0.15, 0.2) is 0 Å². The number of amides is 1. The largest absolute Gasteiger partial charge is 0.352 e. The summed E-state index contributed by atoms with van der Waals surface area (Å²) in [6, 6.07) is 1.32. The Bertz CT molecular complexity index is 305. The number of rotatable bonds is 4. The van der Waals surface area contributed by atoms with E-state index in [0.29, 0.717) is 24.7 Å². The van der Waals surface area contributed by atoms with E-state index in [9.17, 15) is 4.79 Å². The Labute approximate surface area is 123 Å². The Hall–Kier alpha value is -0.610. The first-order valence-electron chi connectivity index (χ1n) is 8.29. The highest BCUT2D eigenvalue weighted by Gasteiger charge is 2.24. The quantitative estimate of drug-likeness (QED) is 0.827. The highest BCUT2D eigenvalue weighted by atomic mass is 16.2. The van der Waals surface area contributed by atoms with Crippen molar-refractivity contribution in [2.45, 2.75) is 76.4 Å². The summed E-state index contributed by atoms with van der Waals surface area (Å²) in [6.07, 6.45) is 9.25. The van der Waals surface area contributed by atoms with Crippen LogP contribution in [0.2, 0.25) is 0 Å². The van der Waals surface area contributed by atoms with Crippen LogP contribution < -0.4 is 11.1 Å². The van der Waals surface area contributed by atoms with Crippen molar-refractivity contribution in [1.29, 1.82) is 0 Å². The number of nitrogens with two attached hydrogens (primary N) is 1. The fourth-order valence-corrected chi connectivity index (χ4v) is 3.58. The topological polar surface area (TPSA) is 58.4 Å². The van der Waals surface area contributed by atoms with Crippen LogP contribution in [0.25, 0.3) is 0 Å². The normalized spacial score (nSPS) is 35.0.